The Kier molecular flexibility index (Phi) is 8.14. The van der Waals surface area contributed by atoms with E-state index in [-0.39, 0.29) is 0 Å². The molecule has 14 heavy (non-hydrogen) atoms. The normalized spacial score (nSPS) is 13.9. The topological polar surface area (TPSA) is 24.5 Å². The first-order chi connectivity index (χ1) is 6.56. The lowest BCUT2D eigenvalue weighted by Gasteiger charge is -2.23. The van der Waals surface area contributed by atoms with Gasteiger partial charge in [-0.05, 0) is 40.9 Å². The van der Waals surface area contributed by atoms with Crippen molar-refractivity contribution in [1.82, 2.24) is 10.2 Å². The number of ether oxygens (including phenoxy) is 1. The molecule has 3 nitrogen and oxygen atoms in total. The van der Waals surface area contributed by atoms with Gasteiger partial charge in [0.25, 0.3) is 0 Å². The van der Waals surface area contributed by atoms with E-state index < -0.39 is 0 Å². The number of nitrogens with zero attached hydrogens (tertiary/aromatic N) is 1. The summed E-state index contributed by atoms with van der Waals surface area (Å²) >= 11 is 0. The monoisotopic (exact) mass is 202 g/mol. The highest BCUT2D eigenvalue weighted by atomic mass is 16.5. The van der Waals surface area contributed by atoms with Crippen molar-refractivity contribution in [2.45, 2.75) is 39.3 Å². The molecule has 1 unspecified atom stereocenters. The molecule has 86 valence electrons. The second-order valence-corrected chi connectivity index (χ2v) is 4.30. The van der Waals surface area contributed by atoms with Crippen LogP contribution in [0, 0.1) is 0 Å². The molecule has 0 aliphatic rings. The first-order valence-electron chi connectivity index (χ1n) is 5.56. The van der Waals surface area contributed by atoms with Crippen LogP contribution < -0.4 is 5.32 Å². The van der Waals surface area contributed by atoms with Crippen molar-refractivity contribution in [3.63, 3.8) is 0 Å². The second kappa shape index (κ2) is 8.21. The molecule has 0 spiro atoms. The predicted octanol–water partition coefficient (Wildman–Crippen LogP) is 1.34. The first kappa shape index (κ1) is 13.9. The van der Waals surface area contributed by atoms with E-state index in [2.05, 4.69) is 45.1 Å². The minimum absolute atomic E-state index is 0.322. The van der Waals surface area contributed by atoms with Gasteiger partial charge in [-0.2, -0.15) is 0 Å². The first-order valence-corrected chi connectivity index (χ1v) is 5.56. The van der Waals surface area contributed by atoms with Gasteiger partial charge in [-0.25, -0.2) is 0 Å². The highest BCUT2D eigenvalue weighted by Gasteiger charge is 2.09. The molecule has 0 saturated carbocycles. The summed E-state index contributed by atoms with van der Waals surface area (Å²) in [5, 5.41) is 3.49. The van der Waals surface area contributed by atoms with Gasteiger partial charge in [0.15, 0.2) is 0 Å². The lowest BCUT2D eigenvalue weighted by Crippen LogP contribution is -2.42. The van der Waals surface area contributed by atoms with Crippen molar-refractivity contribution in [2.75, 3.05) is 33.8 Å². The Labute approximate surface area is 88.8 Å². The number of hydrogen-bond donors (Lipinski definition) is 1. The van der Waals surface area contributed by atoms with Crippen LogP contribution in [0.1, 0.15) is 27.2 Å². The highest BCUT2D eigenvalue weighted by Crippen LogP contribution is 1.94. The Balaban J connectivity index is 3.72. The molecule has 0 aliphatic carbocycles. The zero-order valence-electron chi connectivity index (χ0n) is 10.3. The molecule has 0 aromatic carbocycles. The van der Waals surface area contributed by atoms with Gasteiger partial charge in [-0.15, -0.1) is 0 Å². The Bertz CT molecular complexity index is 126. The Morgan fingerprint density at radius 2 is 1.93 bits per heavy atom. The number of nitrogens with one attached hydrogen (secondary N) is 1. The summed E-state index contributed by atoms with van der Waals surface area (Å²) in [6.45, 7) is 9.24. The van der Waals surface area contributed by atoms with Crippen LogP contribution in [0.5, 0.6) is 0 Å². The fourth-order valence-electron chi connectivity index (χ4n) is 1.27. The molecule has 0 bridgehead atoms. The SMILES string of the molecule is CCCNC(COC(C)C)CN(C)C. The van der Waals surface area contributed by atoms with E-state index >= 15 is 0 Å². The Hall–Kier alpha value is -0.120. The van der Waals surface area contributed by atoms with E-state index in [4.69, 9.17) is 4.74 Å². The molecule has 1 N–H and O–H groups in total. The molecule has 0 amide bonds. The molecule has 0 radical (unpaired) electrons. The number of hydrogen-bond acceptors (Lipinski definition) is 3. The van der Waals surface area contributed by atoms with Gasteiger partial charge in [0, 0.05) is 12.6 Å². The maximum Gasteiger partial charge on any atom is 0.0635 e. The maximum absolute atomic E-state index is 5.61. The van der Waals surface area contributed by atoms with Crippen molar-refractivity contribution in [3.05, 3.63) is 0 Å². The maximum atomic E-state index is 5.61. The molecule has 3 heteroatoms. The van der Waals surface area contributed by atoms with Gasteiger partial charge in [-0.3, -0.25) is 0 Å². The van der Waals surface area contributed by atoms with Crippen molar-refractivity contribution >= 4 is 0 Å². The third-order valence-corrected chi connectivity index (χ3v) is 1.90. The van der Waals surface area contributed by atoms with Gasteiger partial charge in [0.05, 0.1) is 12.7 Å². The van der Waals surface area contributed by atoms with Gasteiger partial charge < -0.3 is 15.0 Å². The molecule has 0 fully saturated rings. The lowest BCUT2D eigenvalue weighted by molar-refractivity contribution is 0.0558. The zero-order valence-corrected chi connectivity index (χ0v) is 10.3. The molecule has 0 rings (SSSR count). The van der Waals surface area contributed by atoms with Crippen LogP contribution in [0.3, 0.4) is 0 Å². The van der Waals surface area contributed by atoms with Crippen LogP contribution in [0.15, 0.2) is 0 Å². The fraction of sp³-hybridized carbons (Fsp3) is 1.00. The smallest absolute Gasteiger partial charge is 0.0635 e. The molecular formula is C11H26N2O. The third kappa shape index (κ3) is 8.48. The lowest BCUT2D eigenvalue weighted by atomic mass is 10.3. The minimum atomic E-state index is 0.322. The number of likely N-dealkylation sites (N-methyl/N-ethyl adjacent to an activating group) is 1. The van der Waals surface area contributed by atoms with Gasteiger partial charge >= 0.3 is 0 Å². The van der Waals surface area contributed by atoms with Crippen LogP contribution in [0.4, 0.5) is 0 Å². The van der Waals surface area contributed by atoms with E-state index in [1.807, 2.05) is 0 Å². The molecule has 1 atom stereocenters. The predicted molar refractivity (Wildman–Crippen MR) is 61.7 cm³/mol. The fourth-order valence-corrected chi connectivity index (χ4v) is 1.27. The van der Waals surface area contributed by atoms with Gasteiger partial charge in [-0.1, -0.05) is 6.92 Å². The van der Waals surface area contributed by atoms with Crippen LogP contribution in [-0.2, 0) is 4.74 Å². The van der Waals surface area contributed by atoms with E-state index in [1.165, 1.54) is 6.42 Å². The summed E-state index contributed by atoms with van der Waals surface area (Å²) < 4.78 is 5.61. The Morgan fingerprint density at radius 3 is 2.36 bits per heavy atom. The molecule has 0 aromatic rings. The van der Waals surface area contributed by atoms with E-state index in [9.17, 15) is 0 Å². The van der Waals surface area contributed by atoms with Gasteiger partial charge in [0.1, 0.15) is 0 Å². The highest BCUT2D eigenvalue weighted by molar-refractivity contribution is 4.68. The molecule has 0 saturated heterocycles. The average Bonchev–Trinajstić information content (AvgIpc) is 2.09. The molecule has 0 aliphatic heterocycles. The quantitative estimate of drug-likeness (QED) is 0.643. The zero-order chi connectivity index (χ0) is 11.0. The second-order valence-electron chi connectivity index (χ2n) is 4.30. The van der Waals surface area contributed by atoms with E-state index in [0.29, 0.717) is 12.1 Å². The van der Waals surface area contributed by atoms with E-state index in [1.54, 1.807) is 0 Å². The number of rotatable bonds is 8. The summed E-state index contributed by atoms with van der Waals surface area (Å²) in [4.78, 5) is 2.19. The summed E-state index contributed by atoms with van der Waals surface area (Å²) in [5.74, 6) is 0. The van der Waals surface area contributed by atoms with Gasteiger partial charge in [0.2, 0.25) is 0 Å². The minimum Gasteiger partial charge on any atom is -0.377 e. The van der Waals surface area contributed by atoms with Crippen LogP contribution in [0.25, 0.3) is 0 Å². The summed E-state index contributed by atoms with van der Waals surface area (Å²) in [6, 6.07) is 0.451. The van der Waals surface area contributed by atoms with Crippen molar-refractivity contribution in [2.24, 2.45) is 0 Å². The summed E-state index contributed by atoms with van der Waals surface area (Å²) in [6.07, 6.45) is 1.49. The molecule has 0 heterocycles. The van der Waals surface area contributed by atoms with Crippen molar-refractivity contribution in [1.29, 1.82) is 0 Å². The molecular weight excluding hydrogens is 176 g/mol. The van der Waals surface area contributed by atoms with Crippen LogP contribution in [-0.4, -0.2) is 50.8 Å². The summed E-state index contributed by atoms with van der Waals surface area (Å²) in [5.41, 5.74) is 0. The molecule has 0 aromatic heterocycles. The van der Waals surface area contributed by atoms with Crippen LogP contribution >= 0.6 is 0 Å². The Morgan fingerprint density at radius 1 is 1.29 bits per heavy atom. The third-order valence-electron chi connectivity index (χ3n) is 1.90. The standard InChI is InChI=1S/C11H26N2O/c1-6-7-12-11(8-13(4)5)9-14-10(2)3/h10-12H,6-9H2,1-5H3. The summed E-state index contributed by atoms with van der Waals surface area (Å²) in [7, 11) is 4.19. The van der Waals surface area contributed by atoms with Crippen molar-refractivity contribution < 1.29 is 4.74 Å². The average molecular weight is 202 g/mol. The largest absolute Gasteiger partial charge is 0.377 e. The van der Waals surface area contributed by atoms with Crippen molar-refractivity contribution in [3.8, 4) is 0 Å². The van der Waals surface area contributed by atoms with E-state index in [0.717, 1.165) is 19.7 Å². The van der Waals surface area contributed by atoms with Crippen LogP contribution in [0.2, 0.25) is 0 Å².